The third-order valence-corrected chi connectivity index (χ3v) is 2.57. The van der Waals surface area contributed by atoms with Crippen LogP contribution in [0.2, 0.25) is 5.02 Å². The molecule has 0 fully saturated rings. The highest BCUT2D eigenvalue weighted by atomic mass is 35.5. The second-order valence-corrected chi connectivity index (χ2v) is 3.74. The van der Waals surface area contributed by atoms with Crippen molar-refractivity contribution in [1.82, 2.24) is 5.01 Å². The van der Waals surface area contributed by atoms with Crippen LogP contribution < -0.4 is 0 Å². The van der Waals surface area contributed by atoms with Gasteiger partial charge >= 0.3 is 0 Å². The minimum Gasteiger partial charge on any atom is -0.279 e. The number of nitrogens with zero attached hydrogens (tertiary/aromatic N) is 3. The summed E-state index contributed by atoms with van der Waals surface area (Å²) in [6.07, 6.45) is 0. The fourth-order valence-electron chi connectivity index (χ4n) is 1.31. The van der Waals surface area contributed by atoms with Gasteiger partial charge in [0.1, 0.15) is 5.69 Å². The van der Waals surface area contributed by atoms with Crippen LogP contribution in [0.3, 0.4) is 0 Å². The van der Waals surface area contributed by atoms with Gasteiger partial charge in [-0.25, -0.2) is 0 Å². The van der Waals surface area contributed by atoms with Gasteiger partial charge in [-0.2, -0.15) is 0 Å². The molecule has 0 amide bonds. The van der Waals surface area contributed by atoms with E-state index < -0.39 is 0 Å². The monoisotopic (exact) mass is 249 g/mol. The first-order chi connectivity index (χ1) is 8.22. The van der Waals surface area contributed by atoms with Gasteiger partial charge in [0.05, 0.1) is 10.6 Å². The first-order valence-corrected chi connectivity index (χ1v) is 5.98. The van der Waals surface area contributed by atoms with Gasteiger partial charge in [-0.3, -0.25) is 5.01 Å². The zero-order chi connectivity index (χ0) is 12.7. The van der Waals surface area contributed by atoms with E-state index >= 15 is 0 Å². The average Bonchev–Trinajstić information content (AvgIpc) is 2.34. The maximum absolute atomic E-state index is 6.07. The van der Waals surface area contributed by atoms with E-state index in [1.165, 1.54) is 0 Å². The SMILES string of the molecule is CC#Cc1c(Cl)cccc1N=NN(CC)CC. The molecule has 1 aromatic rings. The second-order valence-electron chi connectivity index (χ2n) is 3.34. The Morgan fingerprint density at radius 1 is 1.29 bits per heavy atom. The number of hydrogen-bond donors (Lipinski definition) is 0. The van der Waals surface area contributed by atoms with Crippen LogP contribution in [-0.4, -0.2) is 18.1 Å². The van der Waals surface area contributed by atoms with Gasteiger partial charge in [0, 0.05) is 13.1 Å². The summed E-state index contributed by atoms with van der Waals surface area (Å²) in [5.41, 5.74) is 1.44. The molecule has 4 heteroatoms. The third-order valence-electron chi connectivity index (χ3n) is 2.25. The Balaban J connectivity index is 3.04. The maximum Gasteiger partial charge on any atom is 0.105 e. The van der Waals surface area contributed by atoms with Gasteiger partial charge in [0.15, 0.2) is 0 Å². The van der Waals surface area contributed by atoms with Crippen molar-refractivity contribution in [3.05, 3.63) is 28.8 Å². The van der Waals surface area contributed by atoms with Crippen molar-refractivity contribution < 1.29 is 0 Å². The van der Waals surface area contributed by atoms with Crippen molar-refractivity contribution in [2.75, 3.05) is 13.1 Å². The summed E-state index contributed by atoms with van der Waals surface area (Å²) in [6.45, 7) is 7.50. The van der Waals surface area contributed by atoms with E-state index in [0.717, 1.165) is 18.7 Å². The zero-order valence-corrected chi connectivity index (χ0v) is 11.1. The number of hydrogen-bond acceptors (Lipinski definition) is 2. The molecule has 0 spiro atoms. The lowest BCUT2D eigenvalue weighted by molar-refractivity contribution is 0.300. The molecule has 0 atom stereocenters. The van der Waals surface area contributed by atoms with Crippen LogP contribution in [-0.2, 0) is 0 Å². The van der Waals surface area contributed by atoms with Crippen LogP contribution in [0.5, 0.6) is 0 Å². The number of halogens is 1. The molecule has 0 unspecified atom stereocenters. The molecule has 0 N–H and O–H groups in total. The normalized spacial score (nSPS) is 10.1. The van der Waals surface area contributed by atoms with E-state index in [9.17, 15) is 0 Å². The molecule has 0 bridgehead atoms. The van der Waals surface area contributed by atoms with Crippen LogP contribution in [0.25, 0.3) is 0 Å². The standard InChI is InChI=1S/C13H16ClN3/c1-4-8-11-12(14)9-7-10-13(11)15-16-17(5-2)6-3/h7,9-10H,5-6H2,1-3H3. The molecule has 0 aliphatic heterocycles. The minimum absolute atomic E-state index is 0.607. The van der Waals surface area contributed by atoms with Crippen LogP contribution in [0, 0.1) is 11.8 Å². The summed E-state index contributed by atoms with van der Waals surface area (Å²) < 4.78 is 0. The van der Waals surface area contributed by atoms with E-state index in [4.69, 9.17) is 11.6 Å². The topological polar surface area (TPSA) is 28.0 Å². The fraction of sp³-hybridized carbons (Fsp3) is 0.385. The summed E-state index contributed by atoms with van der Waals surface area (Å²) >= 11 is 6.07. The lowest BCUT2D eigenvalue weighted by Gasteiger charge is -2.11. The molecule has 1 rings (SSSR count). The first-order valence-electron chi connectivity index (χ1n) is 5.60. The van der Waals surface area contributed by atoms with Crippen molar-refractivity contribution in [2.45, 2.75) is 20.8 Å². The molecule has 0 radical (unpaired) electrons. The summed E-state index contributed by atoms with van der Waals surface area (Å²) in [5, 5.41) is 10.8. The Labute approximate surface area is 107 Å². The molecule has 90 valence electrons. The molecular weight excluding hydrogens is 234 g/mol. The van der Waals surface area contributed by atoms with E-state index in [2.05, 4.69) is 22.2 Å². The Morgan fingerprint density at radius 3 is 2.59 bits per heavy atom. The van der Waals surface area contributed by atoms with Gasteiger partial charge < -0.3 is 0 Å². The smallest absolute Gasteiger partial charge is 0.105 e. The predicted octanol–water partition coefficient (Wildman–Crippen LogP) is 4.05. The molecule has 0 aliphatic carbocycles. The molecule has 0 heterocycles. The quantitative estimate of drug-likeness (QED) is 0.449. The molecular formula is C13H16ClN3. The van der Waals surface area contributed by atoms with Crippen molar-refractivity contribution >= 4 is 17.3 Å². The van der Waals surface area contributed by atoms with Crippen LogP contribution in [0.4, 0.5) is 5.69 Å². The lowest BCUT2D eigenvalue weighted by Crippen LogP contribution is -2.14. The molecule has 0 aromatic heterocycles. The number of benzene rings is 1. The van der Waals surface area contributed by atoms with Gasteiger partial charge in [0.2, 0.25) is 0 Å². The van der Waals surface area contributed by atoms with E-state index in [1.807, 2.05) is 31.0 Å². The van der Waals surface area contributed by atoms with Gasteiger partial charge in [-0.15, -0.1) is 11.0 Å². The highest BCUT2D eigenvalue weighted by Gasteiger charge is 2.03. The van der Waals surface area contributed by atoms with Crippen molar-refractivity contribution in [3.8, 4) is 11.8 Å². The molecule has 0 saturated heterocycles. The van der Waals surface area contributed by atoms with Crippen molar-refractivity contribution in [1.29, 1.82) is 0 Å². The Kier molecular flexibility index (Phi) is 5.51. The fourth-order valence-corrected chi connectivity index (χ4v) is 1.52. The van der Waals surface area contributed by atoms with Crippen LogP contribution in [0.1, 0.15) is 26.3 Å². The molecule has 17 heavy (non-hydrogen) atoms. The molecule has 0 saturated carbocycles. The van der Waals surface area contributed by atoms with Crippen molar-refractivity contribution in [2.24, 2.45) is 10.3 Å². The van der Waals surface area contributed by atoms with E-state index in [1.54, 1.807) is 13.0 Å². The molecule has 1 aromatic carbocycles. The van der Waals surface area contributed by atoms with Gasteiger partial charge in [-0.05, 0) is 32.9 Å². The minimum atomic E-state index is 0.607. The Morgan fingerprint density at radius 2 is 2.00 bits per heavy atom. The summed E-state index contributed by atoms with van der Waals surface area (Å²) in [6, 6.07) is 5.51. The largest absolute Gasteiger partial charge is 0.279 e. The van der Waals surface area contributed by atoms with E-state index in [-0.39, 0.29) is 0 Å². The molecule has 3 nitrogen and oxygen atoms in total. The van der Waals surface area contributed by atoms with Crippen LogP contribution >= 0.6 is 11.6 Å². The van der Waals surface area contributed by atoms with Crippen molar-refractivity contribution in [3.63, 3.8) is 0 Å². The summed E-state index contributed by atoms with van der Waals surface area (Å²) in [5.74, 6) is 5.78. The highest BCUT2D eigenvalue weighted by Crippen LogP contribution is 2.26. The summed E-state index contributed by atoms with van der Waals surface area (Å²) in [4.78, 5) is 0. The molecule has 0 aliphatic rings. The highest BCUT2D eigenvalue weighted by molar-refractivity contribution is 6.32. The summed E-state index contributed by atoms with van der Waals surface area (Å²) in [7, 11) is 0. The predicted molar refractivity (Wildman–Crippen MR) is 71.4 cm³/mol. The number of rotatable bonds is 4. The van der Waals surface area contributed by atoms with E-state index in [0.29, 0.717) is 10.7 Å². The first kappa shape index (κ1) is 13.5. The van der Waals surface area contributed by atoms with Gasteiger partial charge in [0.25, 0.3) is 0 Å². The third kappa shape index (κ3) is 3.76. The Bertz CT molecular complexity index is 453. The maximum atomic E-state index is 6.07. The van der Waals surface area contributed by atoms with Gasteiger partial charge in [-0.1, -0.05) is 28.8 Å². The lowest BCUT2D eigenvalue weighted by atomic mass is 10.2. The van der Waals surface area contributed by atoms with Crippen LogP contribution in [0.15, 0.2) is 28.5 Å². The second kappa shape index (κ2) is 6.93. The Hall–Kier alpha value is -1.53. The zero-order valence-electron chi connectivity index (χ0n) is 10.4. The average molecular weight is 250 g/mol.